The molecule has 1 aliphatic heterocycles. The number of H-pyrrole nitrogens is 1. The summed E-state index contributed by atoms with van der Waals surface area (Å²) < 4.78 is 0. The first-order chi connectivity index (χ1) is 17.6. The standard InChI is InChI=1S/C24H32N6O7/c1-12(31)20(23(35)29-18(24(36)37)10-19(25)32)30-22(34)17(28-21(33)16-7-4-8-26-16)9-13-11-27-15-6-3-2-5-14(13)15/h2-3,5-6,11-12,16-18,20,26-27,31H,4,7-10H2,1H3,(H2,25,32)(H,28,33)(H,29,35)(H,30,34)(H,36,37). The molecule has 1 saturated heterocycles. The summed E-state index contributed by atoms with van der Waals surface area (Å²) in [6, 6.07) is 2.67. The molecule has 13 nitrogen and oxygen atoms in total. The van der Waals surface area contributed by atoms with Crippen molar-refractivity contribution in [2.24, 2.45) is 5.73 Å². The van der Waals surface area contributed by atoms with Gasteiger partial charge in [-0.25, -0.2) is 4.79 Å². The number of aromatic amines is 1. The van der Waals surface area contributed by atoms with E-state index in [1.54, 1.807) is 6.20 Å². The van der Waals surface area contributed by atoms with E-state index in [9.17, 15) is 34.2 Å². The number of aliphatic hydroxyl groups excluding tert-OH is 1. The first-order valence-electron chi connectivity index (χ1n) is 12.0. The minimum absolute atomic E-state index is 0.0852. The molecule has 5 unspecified atom stereocenters. The third kappa shape index (κ3) is 7.27. The second-order valence-electron chi connectivity index (χ2n) is 9.07. The Labute approximate surface area is 212 Å². The number of rotatable bonds is 12. The number of aliphatic hydroxyl groups is 1. The Hall–Kier alpha value is -3.97. The van der Waals surface area contributed by atoms with E-state index >= 15 is 0 Å². The fraction of sp³-hybridized carbons (Fsp3) is 0.458. The Kier molecular flexibility index (Phi) is 9.20. The summed E-state index contributed by atoms with van der Waals surface area (Å²) in [5, 5.41) is 30.6. The van der Waals surface area contributed by atoms with Crippen LogP contribution in [0, 0.1) is 0 Å². The SMILES string of the molecule is CC(O)C(NC(=O)C(Cc1c[nH]c2ccccc12)NC(=O)C1CCCN1)C(=O)NC(CC(N)=O)C(=O)O. The zero-order valence-electron chi connectivity index (χ0n) is 20.3. The van der Waals surface area contributed by atoms with Crippen LogP contribution >= 0.6 is 0 Å². The van der Waals surface area contributed by atoms with Crippen LogP contribution in [0.4, 0.5) is 0 Å². The summed E-state index contributed by atoms with van der Waals surface area (Å²) in [5.74, 6) is -4.60. The average molecular weight is 517 g/mol. The molecule has 2 heterocycles. The van der Waals surface area contributed by atoms with E-state index in [-0.39, 0.29) is 12.3 Å². The van der Waals surface area contributed by atoms with E-state index < -0.39 is 60.4 Å². The van der Waals surface area contributed by atoms with Gasteiger partial charge in [0.2, 0.25) is 23.6 Å². The number of hydrogen-bond acceptors (Lipinski definition) is 7. The summed E-state index contributed by atoms with van der Waals surface area (Å²) in [6.45, 7) is 1.92. The van der Waals surface area contributed by atoms with Crippen molar-refractivity contribution < 1.29 is 34.2 Å². The number of carbonyl (C=O) groups excluding carboxylic acids is 4. The molecule has 2 aromatic rings. The molecule has 4 amide bonds. The highest BCUT2D eigenvalue weighted by Gasteiger charge is 2.34. The van der Waals surface area contributed by atoms with Crippen molar-refractivity contribution >= 4 is 40.5 Å². The zero-order valence-corrected chi connectivity index (χ0v) is 20.3. The van der Waals surface area contributed by atoms with E-state index in [0.29, 0.717) is 13.0 Å². The highest BCUT2D eigenvalue weighted by Crippen LogP contribution is 2.19. The maximum absolute atomic E-state index is 13.3. The van der Waals surface area contributed by atoms with Crippen LogP contribution in [0.3, 0.4) is 0 Å². The van der Waals surface area contributed by atoms with Crippen molar-refractivity contribution in [1.82, 2.24) is 26.3 Å². The molecule has 200 valence electrons. The Morgan fingerprint density at radius 2 is 1.81 bits per heavy atom. The van der Waals surface area contributed by atoms with Crippen molar-refractivity contribution in [1.29, 1.82) is 0 Å². The largest absolute Gasteiger partial charge is 0.480 e. The molecule has 37 heavy (non-hydrogen) atoms. The summed E-state index contributed by atoms with van der Waals surface area (Å²) >= 11 is 0. The summed E-state index contributed by atoms with van der Waals surface area (Å²) in [4.78, 5) is 64.6. The molecule has 1 fully saturated rings. The smallest absolute Gasteiger partial charge is 0.326 e. The molecule has 5 atom stereocenters. The molecular weight excluding hydrogens is 484 g/mol. The van der Waals surface area contributed by atoms with Crippen LogP contribution in [-0.2, 0) is 30.4 Å². The van der Waals surface area contributed by atoms with Gasteiger partial charge in [0.15, 0.2) is 0 Å². The third-order valence-electron chi connectivity index (χ3n) is 6.19. The molecule has 1 aliphatic rings. The van der Waals surface area contributed by atoms with Gasteiger partial charge in [-0.15, -0.1) is 0 Å². The van der Waals surface area contributed by atoms with Crippen molar-refractivity contribution in [2.75, 3.05) is 6.54 Å². The molecule has 0 aliphatic carbocycles. The molecule has 0 bridgehead atoms. The van der Waals surface area contributed by atoms with E-state index in [1.165, 1.54) is 6.92 Å². The molecule has 13 heteroatoms. The van der Waals surface area contributed by atoms with Gasteiger partial charge in [0, 0.05) is 23.5 Å². The van der Waals surface area contributed by atoms with Crippen molar-refractivity contribution in [3.05, 3.63) is 36.0 Å². The number of hydrogen-bond donors (Lipinski definition) is 8. The number of carboxylic acids is 1. The normalized spacial score (nSPS) is 18.4. The maximum atomic E-state index is 13.3. The van der Waals surface area contributed by atoms with Gasteiger partial charge in [-0.1, -0.05) is 18.2 Å². The molecule has 1 aromatic heterocycles. The van der Waals surface area contributed by atoms with Crippen molar-refractivity contribution in [3.63, 3.8) is 0 Å². The van der Waals surface area contributed by atoms with E-state index in [4.69, 9.17) is 5.73 Å². The second kappa shape index (κ2) is 12.3. The predicted octanol–water partition coefficient (Wildman–Crippen LogP) is -1.74. The number of carboxylic acid groups (broad SMARTS) is 1. The van der Waals surface area contributed by atoms with Gasteiger partial charge < -0.3 is 42.2 Å². The molecule has 0 saturated carbocycles. The van der Waals surface area contributed by atoms with E-state index in [0.717, 1.165) is 22.9 Å². The number of para-hydroxylation sites is 1. The molecule has 9 N–H and O–H groups in total. The topological polar surface area (TPSA) is 216 Å². The minimum Gasteiger partial charge on any atom is -0.480 e. The fourth-order valence-electron chi connectivity index (χ4n) is 4.23. The minimum atomic E-state index is -1.64. The number of nitrogens with one attached hydrogen (secondary N) is 5. The molecule has 3 rings (SSSR count). The van der Waals surface area contributed by atoms with Gasteiger partial charge in [0.25, 0.3) is 0 Å². The summed E-state index contributed by atoms with van der Waals surface area (Å²) in [5.41, 5.74) is 6.64. The molecule has 0 radical (unpaired) electrons. The van der Waals surface area contributed by atoms with Crippen LogP contribution < -0.4 is 27.0 Å². The number of aromatic nitrogens is 1. The van der Waals surface area contributed by atoms with Crippen LogP contribution in [0.15, 0.2) is 30.5 Å². The lowest BCUT2D eigenvalue weighted by Crippen LogP contribution is -2.60. The van der Waals surface area contributed by atoms with Crippen LogP contribution in [0.2, 0.25) is 0 Å². The van der Waals surface area contributed by atoms with Gasteiger partial charge >= 0.3 is 5.97 Å². The third-order valence-corrected chi connectivity index (χ3v) is 6.19. The number of benzene rings is 1. The van der Waals surface area contributed by atoms with Gasteiger partial charge in [-0.2, -0.15) is 0 Å². The number of carbonyl (C=O) groups is 5. The number of primary amides is 1. The molecule has 0 spiro atoms. The Balaban J connectivity index is 1.80. The summed E-state index contributed by atoms with van der Waals surface area (Å²) in [7, 11) is 0. The first-order valence-corrected chi connectivity index (χ1v) is 12.0. The van der Waals surface area contributed by atoms with E-state index in [1.807, 2.05) is 24.3 Å². The highest BCUT2D eigenvalue weighted by atomic mass is 16.4. The van der Waals surface area contributed by atoms with Gasteiger partial charge in [0.05, 0.1) is 18.6 Å². The number of amides is 4. The number of nitrogens with two attached hydrogens (primary N) is 1. The second-order valence-corrected chi connectivity index (χ2v) is 9.07. The first kappa shape index (κ1) is 27.6. The van der Waals surface area contributed by atoms with Gasteiger partial charge in [-0.3, -0.25) is 19.2 Å². The quantitative estimate of drug-likeness (QED) is 0.162. The Bertz CT molecular complexity index is 1160. The number of aliphatic carboxylic acids is 1. The van der Waals surface area contributed by atoms with Crippen LogP contribution in [-0.4, -0.2) is 81.6 Å². The Morgan fingerprint density at radius 1 is 1.08 bits per heavy atom. The van der Waals surface area contributed by atoms with Crippen LogP contribution in [0.5, 0.6) is 0 Å². The zero-order chi connectivity index (χ0) is 27.1. The Morgan fingerprint density at radius 3 is 2.43 bits per heavy atom. The monoisotopic (exact) mass is 516 g/mol. The van der Waals surface area contributed by atoms with Crippen LogP contribution in [0.1, 0.15) is 31.7 Å². The number of fused-ring (bicyclic) bond motifs is 1. The molecule has 1 aromatic carbocycles. The van der Waals surface area contributed by atoms with Crippen molar-refractivity contribution in [3.8, 4) is 0 Å². The average Bonchev–Trinajstić information content (AvgIpc) is 3.51. The lowest BCUT2D eigenvalue weighted by Gasteiger charge is -2.26. The van der Waals surface area contributed by atoms with Gasteiger partial charge in [0.1, 0.15) is 18.1 Å². The maximum Gasteiger partial charge on any atom is 0.326 e. The van der Waals surface area contributed by atoms with Gasteiger partial charge in [-0.05, 0) is 37.9 Å². The summed E-state index contributed by atoms with van der Waals surface area (Å²) in [6.07, 6.45) is 1.15. The fourth-order valence-corrected chi connectivity index (χ4v) is 4.23. The highest BCUT2D eigenvalue weighted by molar-refractivity contribution is 5.95. The van der Waals surface area contributed by atoms with Crippen molar-refractivity contribution in [2.45, 2.75) is 62.9 Å². The lowest BCUT2D eigenvalue weighted by atomic mass is 10.0. The predicted molar refractivity (Wildman–Crippen MR) is 132 cm³/mol. The molecular formula is C24H32N6O7. The lowest BCUT2D eigenvalue weighted by molar-refractivity contribution is -0.144. The van der Waals surface area contributed by atoms with Crippen LogP contribution in [0.25, 0.3) is 10.9 Å². The van der Waals surface area contributed by atoms with E-state index in [2.05, 4.69) is 26.3 Å².